The van der Waals surface area contributed by atoms with E-state index in [0.717, 1.165) is 5.39 Å². The van der Waals surface area contributed by atoms with Gasteiger partial charge in [0, 0.05) is 23.1 Å². The van der Waals surface area contributed by atoms with Gasteiger partial charge in [-0.15, -0.1) is 0 Å². The molecular weight excluding hydrogens is 254 g/mol. The lowest BCUT2D eigenvalue weighted by atomic mass is 9.95. The molecule has 0 bridgehead atoms. The van der Waals surface area contributed by atoms with Crippen molar-refractivity contribution in [3.8, 4) is 5.75 Å². The maximum atomic E-state index is 12.2. The predicted molar refractivity (Wildman–Crippen MR) is 80.8 cm³/mol. The molecule has 106 valence electrons. The number of hydrogen-bond donors (Lipinski definition) is 2. The van der Waals surface area contributed by atoms with E-state index in [2.05, 4.69) is 10.3 Å². The zero-order valence-corrected chi connectivity index (χ0v) is 12.2. The number of nitrogen functional groups attached to an aromatic ring is 1. The molecule has 3 N–H and O–H groups in total. The number of pyridine rings is 1. The molecule has 20 heavy (non-hydrogen) atoms. The number of nitrogens with two attached hydrogens (primary N) is 1. The van der Waals surface area contributed by atoms with Gasteiger partial charge in [-0.2, -0.15) is 0 Å². The lowest BCUT2D eigenvalue weighted by molar-refractivity contribution is -0.123. The predicted octanol–water partition coefficient (Wildman–Crippen LogP) is 2.81. The number of carbonyl (C=O) groups is 1. The van der Waals surface area contributed by atoms with Crippen molar-refractivity contribution in [3.05, 3.63) is 24.4 Å². The minimum atomic E-state index is -0.506. The molecule has 0 saturated carbocycles. The summed E-state index contributed by atoms with van der Waals surface area (Å²) >= 11 is 0. The summed E-state index contributed by atoms with van der Waals surface area (Å²) in [5.74, 6) is 0.528. The van der Waals surface area contributed by atoms with Gasteiger partial charge in [0.25, 0.3) is 0 Å². The molecule has 0 radical (unpaired) electrons. The number of benzene rings is 1. The number of hydrogen-bond acceptors (Lipinski definition) is 4. The Labute approximate surface area is 118 Å². The number of amides is 1. The van der Waals surface area contributed by atoms with Crippen LogP contribution in [0.15, 0.2) is 24.4 Å². The lowest BCUT2D eigenvalue weighted by Gasteiger charge is -2.20. The van der Waals surface area contributed by atoms with E-state index in [0.29, 0.717) is 22.6 Å². The van der Waals surface area contributed by atoms with E-state index in [1.807, 2.05) is 32.9 Å². The quantitative estimate of drug-likeness (QED) is 0.825. The fourth-order valence-corrected chi connectivity index (χ4v) is 1.83. The Morgan fingerprint density at radius 3 is 2.70 bits per heavy atom. The van der Waals surface area contributed by atoms with Crippen molar-refractivity contribution < 1.29 is 9.53 Å². The molecule has 5 heteroatoms. The van der Waals surface area contributed by atoms with Gasteiger partial charge in [0.2, 0.25) is 5.91 Å². The first-order chi connectivity index (χ1) is 9.34. The third-order valence-corrected chi connectivity index (χ3v) is 3.02. The van der Waals surface area contributed by atoms with Crippen LogP contribution in [0.1, 0.15) is 20.8 Å². The number of ether oxygens (including phenoxy) is 1. The average Bonchev–Trinajstić information content (AvgIpc) is 2.40. The topological polar surface area (TPSA) is 77.2 Å². The summed E-state index contributed by atoms with van der Waals surface area (Å²) in [4.78, 5) is 16.5. The van der Waals surface area contributed by atoms with E-state index in [1.165, 1.54) is 0 Å². The zero-order chi connectivity index (χ0) is 14.9. The smallest absolute Gasteiger partial charge is 0.229 e. The molecule has 5 nitrogen and oxygen atoms in total. The van der Waals surface area contributed by atoms with Gasteiger partial charge < -0.3 is 15.8 Å². The van der Waals surface area contributed by atoms with Crippen molar-refractivity contribution in [2.75, 3.05) is 18.2 Å². The second-order valence-electron chi connectivity index (χ2n) is 5.65. The van der Waals surface area contributed by atoms with Crippen LogP contribution in [0.2, 0.25) is 0 Å². The van der Waals surface area contributed by atoms with E-state index in [-0.39, 0.29) is 5.91 Å². The van der Waals surface area contributed by atoms with Crippen molar-refractivity contribution in [1.29, 1.82) is 0 Å². The molecule has 2 aromatic rings. The number of carbonyl (C=O) groups excluding carboxylic acids is 1. The molecule has 1 aromatic carbocycles. The maximum Gasteiger partial charge on any atom is 0.229 e. The summed E-state index contributed by atoms with van der Waals surface area (Å²) in [5.41, 5.74) is 7.11. The van der Waals surface area contributed by atoms with Gasteiger partial charge in [-0.25, -0.2) is 0 Å². The Bertz CT molecular complexity index is 660. The Balaban J connectivity index is 2.59. The molecule has 0 atom stereocenters. The highest BCUT2D eigenvalue weighted by Crippen LogP contribution is 2.36. The Morgan fingerprint density at radius 2 is 2.10 bits per heavy atom. The van der Waals surface area contributed by atoms with Gasteiger partial charge in [0.1, 0.15) is 5.75 Å². The number of fused-ring (bicyclic) bond motifs is 1. The van der Waals surface area contributed by atoms with E-state index < -0.39 is 5.41 Å². The standard InChI is InChI=1S/C15H19N3O2/c1-15(2,3)14(19)18-13-10(16)8-11(20-4)9-6-5-7-17-12(9)13/h5-8H,16H2,1-4H3,(H,18,19). The SMILES string of the molecule is COc1cc(N)c(NC(=O)C(C)(C)C)c2ncccc12. The highest BCUT2D eigenvalue weighted by atomic mass is 16.5. The molecule has 0 spiro atoms. The van der Waals surface area contributed by atoms with Crippen LogP contribution in [0.25, 0.3) is 10.9 Å². The molecule has 1 amide bonds. The van der Waals surface area contributed by atoms with Gasteiger partial charge in [0.05, 0.1) is 24.0 Å². The van der Waals surface area contributed by atoms with Crippen LogP contribution in [0.4, 0.5) is 11.4 Å². The van der Waals surface area contributed by atoms with E-state index in [4.69, 9.17) is 10.5 Å². The van der Waals surface area contributed by atoms with Gasteiger partial charge in [-0.3, -0.25) is 9.78 Å². The fourth-order valence-electron chi connectivity index (χ4n) is 1.83. The largest absolute Gasteiger partial charge is 0.496 e. The summed E-state index contributed by atoms with van der Waals surface area (Å²) < 4.78 is 5.30. The fraction of sp³-hybridized carbons (Fsp3) is 0.333. The third-order valence-electron chi connectivity index (χ3n) is 3.02. The second kappa shape index (κ2) is 5.00. The van der Waals surface area contributed by atoms with Crippen LogP contribution in [-0.2, 0) is 4.79 Å². The summed E-state index contributed by atoms with van der Waals surface area (Å²) in [6, 6.07) is 5.39. The molecule has 0 aliphatic heterocycles. The summed E-state index contributed by atoms with van der Waals surface area (Å²) in [6.07, 6.45) is 1.66. The molecular formula is C15H19N3O2. The minimum absolute atomic E-state index is 0.110. The number of anilines is 2. The van der Waals surface area contributed by atoms with Crippen LogP contribution in [0.3, 0.4) is 0 Å². The molecule has 2 rings (SSSR count). The van der Waals surface area contributed by atoms with Crippen LogP contribution >= 0.6 is 0 Å². The summed E-state index contributed by atoms with van der Waals surface area (Å²) in [7, 11) is 1.58. The van der Waals surface area contributed by atoms with Gasteiger partial charge >= 0.3 is 0 Å². The molecule has 0 aliphatic rings. The van der Waals surface area contributed by atoms with Crippen LogP contribution < -0.4 is 15.8 Å². The van der Waals surface area contributed by atoms with Crippen molar-refractivity contribution in [2.24, 2.45) is 5.41 Å². The Kier molecular flexibility index (Phi) is 3.53. The van der Waals surface area contributed by atoms with Crippen LogP contribution in [-0.4, -0.2) is 18.0 Å². The van der Waals surface area contributed by atoms with Crippen molar-refractivity contribution in [1.82, 2.24) is 4.98 Å². The van der Waals surface area contributed by atoms with Gasteiger partial charge in [-0.05, 0) is 12.1 Å². The van der Waals surface area contributed by atoms with E-state index in [1.54, 1.807) is 19.4 Å². The monoisotopic (exact) mass is 273 g/mol. The first-order valence-electron chi connectivity index (χ1n) is 6.37. The minimum Gasteiger partial charge on any atom is -0.496 e. The highest BCUT2D eigenvalue weighted by molar-refractivity contribution is 6.08. The summed E-state index contributed by atoms with van der Waals surface area (Å²) in [5, 5.41) is 3.68. The molecule has 1 heterocycles. The number of rotatable bonds is 2. The highest BCUT2D eigenvalue weighted by Gasteiger charge is 2.23. The number of methoxy groups -OCH3 is 1. The van der Waals surface area contributed by atoms with E-state index in [9.17, 15) is 4.79 Å². The van der Waals surface area contributed by atoms with E-state index >= 15 is 0 Å². The van der Waals surface area contributed by atoms with Crippen molar-refractivity contribution >= 4 is 28.2 Å². The molecule has 0 saturated heterocycles. The third kappa shape index (κ3) is 2.52. The average molecular weight is 273 g/mol. The molecule has 1 aromatic heterocycles. The number of aromatic nitrogens is 1. The Hall–Kier alpha value is -2.30. The van der Waals surface area contributed by atoms with Crippen LogP contribution in [0.5, 0.6) is 5.75 Å². The second-order valence-corrected chi connectivity index (χ2v) is 5.65. The molecule has 0 fully saturated rings. The first-order valence-corrected chi connectivity index (χ1v) is 6.37. The van der Waals surface area contributed by atoms with Crippen LogP contribution in [0, 0.1) is 5.41 Å². The van der Waals surface area contributed by atoms with Gasteiger partial charge in [-0.1, -0.05) is 20.8 Å². The summed E-state index contributed by atoms with van der Waals surface area (Å²) in [6.45, 7) is 5.53. The zero-order valence-electron chi connectivity index (χ0n) is 12.2. The number of nitrogens with one attached hydrogen (secondary N) is 1. The Morgan fingerprint density at radius 1 is 1.40 bits per heavy atom. The first kappa shape index (κ1) is 14.1. The maximum absolute atomic E-state index is 12.2. The van der Waals surface area contributed by atoms with Gasteiger partial charge in [0.15, 0.2) is 0 Å². The number of nitrogens with zero attached hydrogens (tertiary/aromatic N) is 1. The van der Waals surface area contributed by atoms with Crippen molar-refractivity contribution in [2.45, 2.75) is 20.8 Å². The molecule has 0 aliphatic carbocycles. The molecule has 0 unspecified atom stereocenters. The normalized spacial score (nSPS) is 11.4. The van der Waals surface area contributed by atoms with Crippen molar-refractivity contribution in [3.63, 3.8) is 0 Å². The lowest BCUT2D eigenvalue weighted by Crippen LogP contribution is -2.28.